The van der Waals surface area contributed by atoms with Crippen LogP contribution in [0.15, 0.2) is 64.7 Å². The maximum atomic E-state index is 13.6. The van der Waals surface area contributed by atoms with Gasteiger partial charge in [0.05, 0.1) is 23.6 Å². The van der Waals surface area contributed by atoms with E-state index in [-0.39, 0.29) is 55.7 Å². The van der Waals surface area contributed by atoms with Gasteiger partial charge in [-0.2, -0.15) is 9.21 Å². The fourth-order valence-corrected chi connectivity index (χ4v) is 6.85. The molecule has 4 rings (SSSR count). The highest BCUT2D eigenvalue weighted by Gasteiger charge is 2.42. The Labute approximate surface area is 241 Å². The molecule has 224 valence electrons. The number of carbonyl (C=O) groups excluding carboxylic acids is 1. The van der Waals surface area contributed by atoms with E-state index in [1.54, 1.807) is 12.1 Å². The van der Waals surface area contributed by atoms with Crippen molar-refractivity contribution < 1.29 is 32.5 Å². The van der Waals surface area contributed by atoms with Gasteiger partial charge in [0.15, 0.2) is 6.29 Å². The Morgan fingerprint density at radius 1 is 1.10 bits per heavy atom. The van der Waals surface area contributed by atoms with E-state index in [0.717, 1.165) is 18.4 Å². The lowest BCUT2D eigenvalue weighted by Gasteiger charge is -2.31. The maximum Gasteiger partial charge on any atom is 0.407 e. The van der Waals surface area contributed by atoms with E-state index >= 15 is 0 Å². The van der Waals surface area contributed by atoms with Crippen LogP contribution in [0.1, 0.15) is 37.8 Å². The van der Waals surface area contributed by atoms with Gasteiger partial charge in [-0.3, -0.25) is 0 Å². The number of hydrogen-bond donors (Lipinski definition) is 2. The first-order valence-corrected chi connectivity index (χ1v) is 15.4. The topological polar surface area (TPSA) is 144 Å². The standard InChI is InChI=1S/C29H39N3O8S/c1-20(2)17-32(41(36,37)23-12-10-22(11-13-23)16-30-35)18-26(33)25(15-21-7-4-3-5-8-21)31-29(34)40-27-19-39-28-24(27)9-6-14-38-28/h3-5,7-8,10-13,20,24-28,33H,6,9,14-19H2,1-2H3,(H,31,34)/t24-,25-,26+,27?,28+/m0/s1. The zero-order valence-electron chi connectivity index (χ0n) is 23.4. The van der Waals surface area contributed by atoms with Crippen molar-refractivity contribution >= 4 is 16.1 Å². The number of benzene rings is 2. The summed E-state index contributed by atoms with van der Waals surface area (Å²) >= 11 is 0. The molecule has 12 heteroatoms. The van der Waals surface area contributed by atoms with Crippen LogP contribution in [0.4, 0.5) is 4.79 Å². The molecular weight excluding hydrogens is 550 g/mol. The van der Waals surface area contributed by atoms with Crippen molar-refractivity contribution in [1.82, 2.24) is 9.62 Å². The molecule has 2 aliphatic rings. The highest BCUT2D eigenvalue weighted by molar-refractivity contribution is 7.89. The molecule has 2 aromatic carbocycles. The molecule has 0 bridgehead atoms. The number of fused-ring (bicyclic) bond motifs is 1. The predicted molar refractivity (Wildman–Crippen MR) is 151 cm³/mol. The summed E-state index contributed by atoms with van der Waals surface area (Å²) in [4.78, 5) is 23.7. The number of aliphatic hydroxyl groups excluding tert-OH is 1. The average molecular weight is 590 g/mol. The monoisotopic (exact) mass is 589 g/mol. The zero-order valence-corrected chi connectivity index (χ0v) is 24.2. The summed E-state index contributed by atoms with van der Waals surface area (Å²) in [5.74, 6) is -0.0820. The summed E-state index contributed by atoms with van der Waals surface area (Å²) < 4.78 is 45.5. The van der Waals surface area contributed by atoms with Crippen LogP contribution >= 0.6 is 0 Å². The van der Waals surface area contributed by atoms with E-state index in [1.807, 2.05) is 44.2 Å². The van der Waals surface area contributed by atoms with Gasteiger partial charge in [0.2, 0.25) is 10.0 Å². The van der Waals surface area contributed by atoms with Crippen molar-refractivity contribution in [3.63, 3.8) is 0 Å². The number of nitrogens with one attached hydrogen (secondary N) is 1. The number of amides is 1. The van der Waals surface area contributed by atoms with Crippen molar-refractivity contribution in [1.29, 1.82) is 0 Å². The smallest absolute Gasteiger partial charge is 0.407 e. The second-order valence-electron chi connectivity index (χ2n) is 11.0. The van der Waals surface area contributed by atoms with Gasteiger partial charge in [0, 0.05) is 25.6 Å². The molecular formula is C29H39N3O8S. The van der Waals surface area contributed by atoms with E-state index in [2.05, 4.69) is 10.5 Å². The van der Waals surface area contributed by atoms with Crippen LogP contribution in [0, 0.1) is 16.7 Å². The SMILES string of the molecule is CC(C)CN(C[C@@H](O)[C@H](Cc1ccccc1)NC(=O)OC1CO[C@H]2OCCC[C@@H]12)S(=O)(=O)c1ccc(CN=O)cc1. The van der Waals surface area contributed by atoms with Crippen LogP contribution in [-0.4, -0.2) is 74.8 Å². The quantitative estimate of drug-likeness (QED) is 0.338. The molecule has 0 aliphatic carbocycles. The van der Waals surface area contributed by atoms with Gasteiger partial charge in [0.25, 0.3) is 0 Å². The van der Waals surface area contributed by atoms with Crippen molar-refractivity contribution in [2.45, 2.75) is 69.1 Å². The molecule has 0 aromatic heterocycles. The zero-order chi connectivity index (χ0) is 29.4. The molecule has 0 spiro atoms. The molecule has 2 saturated heterocycles. The number of aliphatic hydroxyl groups is 1. The number of nitroso groups, excluding NO2 is 1. The van der Waals surface area contributed by atoms with Crippen molar-refractivity contribution in [2.75, 3.05) is 26.3 Å². The lowest BCUT2D eigenvalue weighted by Crippen LogP contribution is -2.51. The van der Waals surface area contributed by atoms with Crippen LogP contribution in [0.5, 0.6) is 0 Å². The van der Waals surface area contributed by atoms with Gasteiger partial charge < -0.3 is 24.6 Å². The lowest BCUT2D eigenvalue weighted by molar-refractivity contribution is -0.152. The molecule has 0 saturated carbocycles. The summed E-state index contributed by atoms with van der Waals surface area (Å²) in [5.41, 5.74) is 1.46. The van der Waals surface area contributed by atoms with Gasteiger partial charge in [-0.25, -0.2) is 13.2 Å². The fraction of sp³-hybridized carbons (Fsp3) is 0.552. The highest BCUT2D eigenvalue weighted by Crippen LogP contribution is 2.32. The van der Waals surface area contributed by atoms with Crippen LogP contribution in [0.3, 0.4) is 0 Å². The Balaban J connectivity index is 1.50. The molecule has 41 heavy (non-hydrogen) atoms. The first-order valence-electron chi connectivity index (χ1n) is 14.0. The molecule has 2 heterocycles. The normalized spacial score (nSPS) is 22.2. The lowest BCUT2D eigenvalue weighted by atomic mass is 9.97. The Kier molecular flexibility index (Phi) is 10.8. The maximum absolute atomic E-state index is 13.6. The predicted octanol–water partition coefficient (Wildman–Crippen LogP) is 3.45. The van der Waals surface area contributed by atoms with Crippen LogP contribution in [0.25, 0.3) is 0 Å². The van der Waals surface area contributed by atoms with E-state index in [4.69, 9.17) is 14.2 Å². The third-order valence-corrected chi connectivity index (χ3v) is 9.15. The second kappa shape index (κ2) is 14.3. The van der Waals surface area contributed by atoms with Crippen molar-refractivity contribution in [3.05, 3.63) is 70.6 Å². The first kappa shape index (κ1) is 31.0. The fourth-order valence-electron chi connectivity index (χ4n) is 5.22. The molecule has 5 atom stereocenters. The number of alkyl carbamates (subject to hydrolysis) is 1. The molecule has 1 amide bonds. The number of rotatable bonds is 13. The van der Waals surface area contributed by atoms with Gasteiger partial charge in [-0.15, -0.1) is 0 Å². The van der Waals surface area contributed by atoms with Crippen LogP contribution in [-0.2, 0) is 37.2 Å². The van der Waals surface area contributed by atoms with Crippen molar-refractivity contribution in [2.24, 2.45) is 17.0 Å². The first-order chi connectivity index (χ1) is 19.7. The van der Waals surface area contributed by atoms with Crippen LogP contribution < -0.4 is 5.32 Å². The van der Waals surface area contributed by atoms with Gasteiger partial charge in [0.1, 0.15) is 12.6 Å². The Morgan fingerprint density at radius 2 is 1.83 bits per heavy atom. The number of hydrogen-bond acceptors (Lipinski definition) is 9. The Bertz CT molecular complexity index is 1240. The van der Waals surface area contributed by atoms with Gasteiger partial charge in [-0.1, -0.05) is 61.5 Å². The van der Waals surface area contributed by atoms with E-state index in [1.165, 1.54) is 16.4 Å². The molecule has 2 aliphatic heterocycles. The second-order valence-corrected chi connectivity index (χ2v) is 12.9. The summed E-state index contributed by atoms with van der Waals surface area (Å²) in [6, 6.07) is 14.4. The molecule has 2 fully saturated rings. The van der Waals surface area contributed by atoms with E-state index in [0.29, 0.717) is 12.2 Å². The Morgan fingerprint density at radius 3 is 2.51 bits per heavy atom. The number of sulfonamides is 1. The largest absolute Gasteiger partial charge is 0.443 e. The summed E-state index contributed by atoms with van der Waals surface area (Å²) in [7, 11) is -4.00. The van der Waals surface area contributed by atoms with Gasteiger partial charge in [-0.05, 0) is 48.4 Å². The molecule has 11 nitrogen and oxygen atoms in total. The number of ether oxygens (including phenoxy) is 3. The number of nitrogens with zero attached hydrogens (tertiary/aromatic N) is 2. The minimum Gasteiger partial charge on any atom is -0.443 e. The van der Waals surface area contributed by atoms with E-state index in [9.17, 15) is 23.2 Å². The highest BCUT2D eigenvalue weighted by atomic mass is 32.2. The summed E-state index contributed by atoms with van der Waals surface area (Å²) in [6.45, 7) is 4.47. The molecule has 1 unspecified atom stereocenters. The Hall–Kier alpha value is -2.90. The molecule has 0 radical (unpaired) electrons. The summed E-state index contributed by atoms with van der Waals surface area (Å²) in [5, 5.41) is 17.0. The number of carbonyl (C=O) groups is 1. The molecule has 2 aromatic rings. The van der Waals surface area contributed by atoms with Gasteiger partial charge >= 0.3 is 6.09 Å². The minimum atomic E-state index is -4.00. The third kappa shape index (κ3) is 8.32. The minimum absolute atomic E-state index is 0.0333. The summed E-state index contributed by atoms with van der Waals surface area (Å²) in [6.07, 6.45) is -0.860. The average Bonchev–Trinajstić information content (AvgIpc) is 3.35. The third-order valence-electron chi connectivity index (χ3n) is 7.31. The molecule has 2 N–H and O–H groups in total. The van der Waals surface area contributed by atoms with Crippen LogP contribution in [0.2, 0.25) is 0 Å². The van der Waals surface area contributed by atoms with Crippen molar-refractivity contribution in [3.8, 4) is 0 Å². The van der Waals surface area contributed by atoms with E-state index < -0.39 is 34.4 Å².